The van der Waals surface area contributed by atoms with Gasteiger partial charge in [0.05, 0.1) is 11.3 Å². The van der Waals surface area contributed by atoms with Gasteiger partial charge in [-0.15, -0.1) is 34.9 Å². The molecule has 0 atom stereocenters. The molecule has 0 aliphatic heterocycles. The second-order valence-corrected chi connectivity index (χ2v) is 10.2. The predicted molar refractivity (Wildman–Crippen MR) is 165 cm³/mol. The average Bonchev–Trinajstić information content (AvgIpc) is 2.94. The number of fused-ring (bicyclic) bond motifs is 1. The van der Waals surface area contributed by atoms with Crippen molar-refractivity contribution >= 4 is 16.7 Å². The van der Waals surface area contributed by atoms with E-state index in [0.717, 1.165) is 53.4 Å². The SMILES string of the molecule is CCC(CC)C(=O)C=C(O)C(CC)CC.Cc1[c-]c(-c2ccc3ccc(-c4ccccc4)cc3n2)cc(C)c1.[Ir]. The summed E-state index contributed by atoms with van der Waals surface area (Å²) >= 11 is 0. The number of aliphatic hydroxyl groups excluding tert-OH is 1. The number of hydrogen-bond acceptors (Lipinski definition) is 3. The number of carbonyl (C=O) groups excluding carboxylic acids is 1. The van der Waals surface area contributed by atoms with Crippen LogP contribution in [-0.2, 0) is 24.9 Å². The van der Waals surface area contributed by atoms with Gasteiger partial charge in [0.1, 0.15) is 0 Å². The molecule has 4 aromatic rings. The molecule has 1 N–H and O–H groups in total. The minimum atomic E-state index is 0. The molecule has 1 radical (unpaired) electrons. The van der Waals surface area contributed by atoms with Crippen LogP contribution in [0.2, 0.25) is 0 Å². The average molecular weight is 713 g/mol. The third-order valence-corrected chi connectivity index (χ3v) is 7.31. The van der Waals surface area contributed by atoms with Crippen molar-refractivity contribution in [2.24, 2.45) is 11.8 Å². The van der Waals surface area contributed by atoms with Gasteiger partial charge in [-0.2, -0.15) is 0 Å². The molecule has 0 amide bonds. The molecule has 0 saturated carbocycles. The largest absolute Gasteiger partial charge is 0.512 e. The van der Waals surface area contributed by atoms with Crippen molar-refractivity contribution in [2.45, 2.75) is 67.2 Å². The van der Waals surface area contributed by atoms with Crippen LogP contribution in [-0.4, -0.2) is 15.9 Å². The fourth-order valence-corrected chi connectivity index (χ4v) is 4.89. The van der Waals surface area contributed by atoms with Crippen molar-refractivity contribution in [3.63, 3.8) is 0 Å². The van der Waals surface area contributed by atoms with Gasteiger partial charge in [0.2, 0.25) is 0 Å². The van der Waals surface area contributed by atoms with E-state index in [1.807, 2.05) is 33.8 Å². The van der Waals surface area contributed by atoms with E-state index in [4.69, 9.17) is 4.98 Å². The van der Waals surface area contributed by atoms with Crippen molar-refractivity contribution in [3.05, 3.63) is 102 Å². The molecule has 40 heavy (non-hydrogen) atoms. The maximum Gasteiger partial charge on any atom is 0.162 e. The van der Waals surface area contributed by atoms with Gasteiger partial charge in [-0.05, 0) is 54.0 Å². The normalized spacial score (nSPS) is 11.2. The Morgan fingerprint density at radius 3 is 2.05 bits per heavy atom. The Labute approximate surface area is 254 Å². The number of pyridine rings is 1. The van der Waals surface area contributed by atoms with Gasteiger partial charge in [-0.25, -0.2) is 0 Å². The number of aryl methyl sites for hydroxylation is 2. The Morgan fingerprint density at radius 1 is 0.825 bits per heavy atom. The maximum absolute atomic E-state index is 11.7. The molecular formula is C36H42IrNO2-. The number of aromatic nitrogens is 1. The second kappa shape index (κ2) is 16.3. The molecule has 0 spiro atoms. The van der Waals surface area contributed by atoms with Crippen molar-refractivity contribution in [1.29, 1.82) is 0 Å². The quantitative estimate of drug-likeness (QED) is 0.107. The van der Waals surface area contributed by atoms with Crippen LogP contribution in [0.4, 0.5) is 0 Å². The van der Waals surface area contributed by atoms with E-state index >= 15 is 0 Å². The minimum absolute atomic E-state index is 0. The molecule has 0 unspecified atom stereocenters. The smallest absolute Gasteiger partial charge is 0.162 e. The van der Waals surface area contributed by atoms with E-state index in [9.17, 15) is 9.90 Å². The number of aliphatic hydroxyl groups is 1. The summed E-state index contributed by atoms with van der Waals surface area (Å²) < 4.78 is 0. The van der Waals surface area contributed by atoms with Crippen molar-refractivity contribution < 1.29 is 30.0 Å². The van der Waals surface area contributed by atoms with Crippen LogP contribution < -0.4 is 0 Å². The number of rotatable bonds is 9. The van der Waals surface area contributed by atoms with Gasteiger partial charge in [-0.3, -0.25) is 9.78 Å². The first kappa shape index (κ1) is 33.1. The molecule has 1 heterocycles. The van der Waals surface area contributed by atoms with E-state index in [1.54, 1.807) is 0 Å². The molecule has 0 fully saturated rings. The van der Waals surface area contributed by atoms with Gasteiger partial charge in [0.25, 0.3) is 0 Å². The fraction of sp³-hybridized carbons (Fsp3) is 0.333. The first-order chi connectivity index (χ1) is 18.8. The van der Waals surface area contributed by atoms with Gasteiger partial charge >= 0.3 is 0 Å². The Hall–Kier alpha value is -3.07. The topological polar surface area (TPSA) is 50.2 Å². The Balaban J connectivity index is 0.000000307. The van der Waals surface area contributed by atoms with Crippen LogP contribution in [0.3, 0.4) is 0 Å². The molecule has 1 aromatic heterocycles. The minimum Gasteiger partial charge on any atom is -0.512 e. The maximum atomic E-state index is 11.7. The summed E-state index contributed by atoms with van der Waals surface area (Å²) in [5.41, 5.74) is 7.83. The molecule has 0 saturated heterocycles. The number of nitrogens with zero attached hydrogens (tertiary/aromatic N) is 1. The number of ketones is 1. The molecule has 213 valence electrons. The summed E-state index contributed by atoms with van der Waals surface area (Å²) in [6, 6.07) is 28.8. The summed E-state index contributed by atoms with van der Waals surface area (Å²) in [6.07, 6.45) is 4.91. The standard InChI is InChI=1S/C23H18N.C13H24O2.Ir/c1-16-12-17(2)14-21(13-16)22-11-10-19-8-9-20(15-23(19)24-22)18-6-4-3-5-7-18;1-5-10(6-2)12(14)9-13(15)11(7-3)8-4;/h3-13,15H,1-2H3;9-11,14H,5-8H2,1-4H3;/q-1;;. The van der Waals surface area contributed by atoms with Crippen LogP contribution >= 0.6 is 0 Å². The van der Waals surface area contributed by atoms with E-state index in [0.29, 0.717) is 0 Å². The summed E-state index contributed by atoms with van der Waals surface area (Å²) in [5.74, 6) is 0.547. The number of hydrogen-bond donors (Lipinski definition) is 1. The first-order valence-electron chi connectivity index (χ1n) is 14.2. The van der Waals surface area contributed by atoms with Crippen LogP contribution in [0.5, 0.6) is 0 Å². The summed E-state index contributed by atoms with van der Waals surface area (Å²) in [4.78, 5) is 16.6. The zero-order valence-electron chi connectivity index (χ0n) is 24.6. The van der Waals surface area contributed by atoms with E-state index in [2.05, 4.69) is 86.6 Å². The van der Waals surface area contributed by atoms with Crippen LogP contribution in [0.25, 0.3) is 33.3 Å². The first-order valence-corrected chi connectivity index (χ1v) is 14.2. The third-order valence-electron chi connectivity index (χ3n) is 7.31. The predicted octanol–water partition coefficient (Wildman–Crippen LogP) is 9.85. The van der Waals surface area contributed by atoms with Gasteiger partial charge in [0.15, 0.2) is 5.78 Å². The van der Waals surface area contributed by atoms with Crippen LogP contribution in [0.1, 0.15) is 64.5 Å². The molecule has 4 heteroatoms. The Kier molecular flexibility index (Phi) is 13.5. The van der Waals surface area contributed by atoms with Crippen molar-refractivity contribution in [3.8, 4) is 22.4 Å². The van der Waals surface area contributed by atoms with E-state index < -0.39 is 0 Å². The summed E-state index contributed by atoms with van der Waals surface area (Å²) in [5, 5.41) is 10.9. The number of carbonyl (C=O) groups is 1. The van der Waals surface area contributed by atoms with E-state index in [1.165, 1.54) is 22.8 Å². The van der Waals surface area contributed by atoms with E-state index in [-0.39, 0.29) is 43.5 Å². The summed E-state index contributed by atoms with van der Waals surface area (Å²) in [7, 11) is 0. The number of benzene rings is 3. The van der Waals surface area contributed by atoms with Gasteiger partial charge in [-0.1, -0.05) is 96.1 Å². The van der Waals surface area contributed by atoms with Crippen molar-refractivity contribution in [2.75, 3.05) is 0 Å². The second-order valence-electron chi connectivity index (χ2n) is 10.2. The molecule has 0 aliphatic rings. The monoisotopic (exact) mass is 713 g/mol. The Bertz CT molecular complexity index is 1380. The Morgan fingerprint density at radius 2 is 1.45 bits per heavy atom. The molecular weight excluding hydrogens is 671 g/mol. The number of allylic oxidation sites excluding steroid dienone is 2. The third kappa shape index (κ3) is 8.98. The molecule has 3 aromatic carbocycles. The summed E-state index contributed by atoms with van der Waals surface area (Å²) in [6.45, 7) is 12.3. The van der Waals surface area contributed by atoms with Crippen molar-refractivity contribution in [1.82, 2.24) is 4.98 Å². The molecule has 4 rings (SSSR count). The van der Waals surface area contributed by atoms with Crippen LogP contribution in [0, 0.1) is 31.7 Å². The zero-order chi connectivity index (χ0) is 28.4. The zero-order valence-corrected chi connectivity index (χ0v) is 27.0. The molecule has 0 aliphatic carbocycles. The molecule has 3 nitrogen and oxygen atoms in total. The molecule has 0 bridgehead atoms. The van der Waals surface area contributed by atoms with Gasteiger partial charge < -0.3 is 5.11 Å². The van der Waals surface area contributed by atoms with Crippen LogP contribution in [0.15, 0.2) is 84.6 Å². The fourth-order valence-electron chi connectivity index (χ4n) is 4.89. The van der Waals surface area contributed by atoms with Gasteiger partial charge in [0, 0.05) is 38.0 Å².